The molecular formula is C17H25BO5. The van der Waals surface area contributed by atoms with Crippen molar-refractivity contribution in [3.8, 4) is 5.75 Å². The van der Waals surface area contributed by atoms with Crippen LogP contribution in [0.15, 0.2) is 18.2 Å². The lowest BCUT2D eigenvalue weighted by Crippen LogP contribution is -2.52. The molecule has 1 unspecified atom stereocenters. The highest BCUT2D eigenvalue weighted by Crippen LogP contribution is 2.29. The summed E-state index contributed by atoms with van der Waals surface area (Å²) in [6.07, 6.45) is 1.59. The van der Waals surface area contributed by atoms with Gasteiger partial charge in [-0.2, -0.15) is 0 Å². The van der Waals surface area contributed by atoms with E-state index in [2.05, 4.69) is 20.8 Å². The topological polar surface area (TPSA) is 46.2 Å². The van der Waals surface area contributed by atoms with Crippen LogP contribution in [0.2, 0.25) is 0 Å². The van der Waals surface area contributed by atoms with Crippen LogP contribution in [0.3, 0.4) is 0 Å². The van der Waals surface area contributed by atoms with Crippen LogP contribution in [0.4, 0.5) is 0 Å². The minimum Gasteiger partial charge on any atom is -0.497 e. The third-order valence-electron chi connectivity index (χ3n) is 4.17. The summed E-state index contributed by atoms with van der Waals surface area (Å²) >= 11 is 0. The van der Waals surface area contributed by atoms with Gasteiger partial charge in [-0.25, -0.2) is 0 Å². The monoisotopic (exact) mass is 320 g/mol. The minimum absolute atomic E-state index is 0.124. The van der Waals surface area contributed by atoms with E-state index in [1.54, 1.807) is 7.11 Å². The number of ether oxygens (including phenoxy) is 3. The molecule has 0 radical (unpaired) electrons. The Labute approximate surface area is 138 Å². The fourth-order valence-electron chi connectivity index (χ4n) is 3.22. The summed E-state index contributed by atoms with van der Waals surface area (Å²) in [6.45, 7) is 7.67. The molecule has 126 valence electrons. The van der Waals surface area contributed by atoms with E-state index < -0.39 is 7.12 Å². The lowest BCUT2D eigenvalue weighted by atomic mass is 9.73. The highest BCUT2D eigenvalue weighted by Gasteiger charge is 2.40. The van der Waals surface area contributed by atoms with Crippen molar-refractivity contribution in [2.24, 2.45) is 0 Å². The van der Waals surface area contributed by atoms with Crippen LogP contribution in [-0.2, 0) is 18.8 Å². The van der Waals surface area contributed by atoms with E-state index in [1.807, 2.05) is 18.2 Å². The summed E-state index contributed by atoms with van der Waals surface area (Å²) in [6, 6.07) is 5.90. The molecule has 2 aliphatic heterocycles. The number of benzene rings is 1. The molecule has 0 saturated carbocycles. The molecule has 1 aromatic carbocycles. The molecule has 23 heavy (non-hydrogen) atoms. The van der Waals surface area contributed by atoms with Crippen LogP contribution in [0.5, 0.6) is 5.75 Å². The zero-order chi connectivity index (χ0) is 16.4. The second kappa shape index (κ2) is 6.81. The first-order valence-corrected chi connectivity index (χ1v) is 8.23. The van der Waals surface area contributed by atoms with Gasteiger partial charge in [-0.15, -0.1) is 0 Å². The Balaban J connectivity index is 1.89. The van der Waals surface area contributed by atoms with Crippen LogP contribution >= 0.6 is 0 Å². The molecule has 0 bridgehead atoms. The van der Waals surface area contributed by atoms with Crippen molar-refractivity contribution in [2.45, 2.75) is 51.6 Å². The summed E-state index contributed by atoms with van der Waals surface area (Å²) in [5.41, 5.74) is 1.60. The van der Waals surface area contributed by atoms with E-state index in [9.17, 15) is 0 Å². The first-order chi connectivity index (χ1) is 11.0. The summed E-state index contributed by atoms with van der Waals surface area (Å²) in [4.78, 5) is 0. The lowest BCUT2D eigenvalue weighted by Gasteiger charge is -2.38. The zero-order valence-electron chi connectivity index (χ0n) is 14.3. The van der Waals surface area contributed by atoms with Crippen molar-refractivity contribution in [3.05, 3.63) is 23.8 Å². The van der Waals surface area contributed by atoms with Crippen molar-refractivity contribution in [3.63, 3.8) is 0 Å². The fourth-order valence-corrected chi connectivity index (χ4v) is 3.22. The Morgan fingerprint density at radius 2 is 1.96 bits per heavy atom. The van der Waals surface area contributed by atoms with Gasteiger partial charge < -0.3 is 23.5 Å². The normalized spacial score (nSPS) is 25.4. The van der Waals surface area contributed by atoms with Gasteiger partial charge in [0.25, 0.3) is 0 Å². The SMILES string of the molecule is COc1ccc(C2OCCCO2)cc1B1OC(C)CC(C)(C)O1. The number of rotatable bonds is 3. The second-order valence-corrected chi connectivity index (χ2v) is 6.79. The molecule has 1 aromatic rings. The predicted molar refractivity (Wildman–Crippen MR) is 88.0 cm³/mol. The predicted octanol–water partition coefficient (Wildman–Crippen LogP) is 2.43. The van der Waals surface area contributed by atoms with E-state index in [0.717, 1.165) is 29.6 Å². The molecule has 6 heteroatoms. The van der Waals surface area contributed by atoms with Gasteiger partial charge >= 0.3 is 7.12 Å². The van der Waals surface area contributed by atoms with E-state index in [-0.39, 0.29) is 18.0 Å². The van der Waals surface area contributed by atoms with Gasteiger partial charge in [-0.1, -0.05) is 12.1 Å². The lowest BCUT2D eigenvalue weighted by molar-refractivity contribution is -0.183. The minimum atomic E-state index is -0.452. The Kier molecular flexibility index (Phi) is 4.97. The highest BCUT2D eigenvalue weighted by molar-refractivity contribution is 6.62. The zero-order valence-corrected chi connectivity index (χ0v) is 14.3. The van der Waals surface area contributed by atoms with Gasteiger partial charge in [0.05, 0.1) is 25.9 Å². The van der Waals surface area contributed by atoms with Crippen LogP contribution in [0.1, 0.15) is 45.5 Å². The molecule has 0 aromatic heterocycles. The molecule has 0 aliphatic carbocycles. The van der Waals surface area contributed by atoms with Crippen molar-refractivity contribution in [1.29, 1.82) is 0 Å². The second-order valence-electron chi connectivity index (χ2n) is 6.79. The molecule has 1 atom stereocenters. The van der Waals surface area contributed by atoms with Crippen LogP contribution in [-0.4, -0.2) is 39.1 Å². The maximum absolute atomic E-state index is 6.13. The van der Waals surface area contributed by atoms with Crippen molar-refractivity contribution < 1.29 is 23.5 Å². The third kappa shape index (κ3) is 3.88. The molecule has 3 rings (SSSR count). The molecule has 2 aliphatic rings. The van der Waals surface area contributed by atoms with Crippen LogP contribution < -0.4 is 10.2 Å². The highest BCUT2D eigenvalue weighted by atomic mass is 16.7. The average molecular weight is 320 g/mol. The van der Waals surface area contributed by atoms with Gasteiger partial charge in [0.2, 0.25) is 0 Å². The standard InChI is InChI=1S/C17H25BO5/c1-12-11-17(2,3)23-18(22-12)14-10-13(6-7-15(14)19-4)16-20-8-5-9-21-16/h6-7,10,12,16H,5,8-9,11H2,1-4H3. The Morgan fingerprint density at radius 3 is 2.61 bits per heavy atom. The van der Waals surface area contributed by atoms with Gasteiger partial charge in [0.1, 0.15) is 5.75 Å². The summed E-state index contributed by atoms with van der Waals surface area (Å²) < 4.78 is 29.0. The number of hydrogen-bond acceptors (Lipinski definition) is 5. The molecule has 0 spiro atoms. The first kappa shape index (κ1) is 16.8. The van der Waals surface area contributed by atoms with Gasteiger partial charge in [0, 0.05) is 17.1 Å². The maximum atomic E-state index is 6.13. The average Bonchev–Trinajstić information content (AvgIpc) is 2.53. The summed E-state index contributed by atoms with van der Waals surface area (Å²) in [5, 5.41) is 0. The molecule has 2 saturated heterocycles. The molecular weight excluding hydrogens is 295 g/mol. The van der Waals surface area contributed by atoms with Gasteiger partial charge in [-0.05, 0) is 39.7 Å². The third-order valence-corrected chi connectivity index (χ3v) is 4.17. The van der Waals surface area contributed by atoms with E-state index in [0.29, 0.717) is 13.2 Å². The Hall–Kier alpha value is -1.08. The summed E-state index contributed by atoms with van der Waals surface area (Å²) in [7, 11) is 1.20. The van der Waals surface area contributed by atoms with Gasteiger partial charge in [0.15, 0.2) is 6.29 Å². The van der Waals surface area contributed by atoms with Crippen LogP contribution in [0, 0.1) is 0 Å². The van der Waals surface area contributed by atoms with Gasteiger partial charge in [-0.3, -0.25) is 0 Å². The Bertz CT molecular complexity index is 542. The van der Waals surface area contributed by atoms with Crippen molar-refractivity contribution in [1.82, 2.24) is 0 Å². The fraction of sp³-hybridized carbons (Fsp3) is 0.647. The molecule has 0 N–H and O–H groups in total. The van der Waals surface area contributed by atoms with Crippen LogP contribution in [0.25, 0.3) is 0 Å². The molecule has 2 fully saturated rings. The molecule has 5 nitrogen and oxygen atoms in total. The van der Waals surface area contributed by atoms with Crippen molar-refractivity contribution in [2.75, 3.05) is 20.3 Å². The summed E-state index contributed by atoms with van der Waals surface area (Å²) in [5.74, 6) is 0.749. The Morgan fingerprint density at radius 1 is 1.22 bits per heavy atom. The van der Waals surface area contributed by atoms with E-state index >= 15 is 0 Å². The maximum Gasteiger partial charge on any atom is 0.498 e. The van der Waals surface area contributed by atoms with E-state index in [1.165, 1.54) is 0 Å². The first-order valence-electron chi connectivity index (χ1n) is 8.23. The number of hydrogen-bond donors (Lipinski definition) is 0. The quantitative estimate of drug-likeness (QED) is 0.801. The molecule has 0 amide bonds. The largest absolute Gasteiger partial charge is 0.498 e. The number of methoxy groups -OCH3 is 1. The smallest absolute Gasteiger partial charge is 0.497 e. The van der Waals surface area contributed by atoms with Crippen molar-refractivity contribution >= 4 is 12.6 Å². The molecule has 2 heterocycles. The van der Waals surface area contributed by atoms with E-state index in [4.69, 9.17) is 23.5 Å².